The molecule has 3 rings (SSSR count). The first-order valence-electron chi connectivity index (χ1n) is 6.90. The number of aromatic nitrogens is 2. The van der Waals surface area contributed by atoms with Crippen molar-refractivity contribution in [3.63, 3.8) is 0 Å². The number of methoxy groups -OCH3 is 1. The Bertz CT molecular complexity index is 771. The number of ether oxygens (including phenoxy) is 2. The molecule has 0 aliphatic carbocycles. The van der Waals surface area contributed by atoms with Crippen molar-refractivity contribution in [3.8, 4) is 17.7 Å². The largest absolute Gasteiger partial charge is 0.497 e. The van der Waals surface area contributed by atoms with E-state index >= 15 is 0 Å². The van der Waals surface area contributed by atoms with Crippen LogP contribution >= 0.6 is 0 Å². The third-order valence-corrected chi connectivity index (χ3v) is 3.96. The number of nitrogens with one attached hydrogen (secondary N) is 1. The van der Waals surface area contributed by atoms with Crippen LogP contribution in [0.3, 0.4) is 0 Å². The molecule has 2 heterocycles. The van der Waals surface area contributed by atoms with E-state index in [0.717, 1.165) is 22.6 Å². The van der Waals surface area contributed by atoms with Crippen molar-refractivity contribution >= 4 is 5.90 Å². The number of nitrogens with zero attached hydrogens (tertiary/aromatic N) is 3. The Kier molecular flexibility index (Phi) is 3.33. The van der Waals surface area contributed by atoms with Gasteiger partial charge >= 0.3 is 0 Å². The van der Waals surface area contributed by atoms with Gasteiger partial charge in [-0.25, -0.2) is 4.68 Å². The summed E-state index contributed by atoms with van der Waals surface area (Å²) in [6.45, 7) is 1.89. The number of rotatable bonds is 2. The summed E-state index contributed by atoms with van der Waals surface area (Å²) in [5, 5.41) is 21.9. The first kappa shape index (κ1) is 14.1. The van der Waals surface area contributed by atoms with Crippen molar-refractivity contribution in [3.05, 3.63) is 41.1 Å². The van der Waals surface area contributed by atoms with E-state index in [-0.39, 0.29) is 11.8 Å². The summed E-state index contributed by atoms with van der Waals surface area (Å²) in [6.07, 6.45) is 0. The second kappa shape index (κ2) is 5.19. The van der Waals surface area contributed by atoms with Gasteiger partial charge in [0.25, 0.3) is 0 Å². The van der Waals surface area contributed by atoms with Crippen LogP contribution in [0.15, 0.2) is 24.3 Å². The van der Waals surface area contributed by atoms with Crippen molar-refractivity contribution < 1.29 is 9.47 Å². The highest BCUT2D eigenvalue weighted by Crippen LogP contribution is 2.43. The predicted octanol–water partition coefficient (Wildman–Crippen LogP) is 2.38. The molecular weight excluding hydrogens is 280 g/mol. The molecule has 1 aromatic heterocycles. The van der Waals surface area contributed by atoms with E-state index in [1.54, 1.807) is 18.8 Å². The van der Waals surface area contributed by atoms with Crippen LogP contribution in [0.5, 0.6) is 11.6 Å². The third kappa shape index (κ3) is 2.02. The molecule has 0 saturated heterocycles. The molecule has 22 heavy (non-hydrogen) atoms. The minimum Gasteiger partial charge on any atom is -0.497 e. The van der Waals surface area contributed by atoms with Gasteiger partial charge in [-0.2, -0.15) is 10.4 Å². The molecule has 2 aromatic rings. The number of nitriles is 1. The molecule has 1 aromatic carbocycles. The lowest BCUT2D eigenvalue weighted by atomic mass is 9.79. The maximum absolute atomic E-state index is 9.49. The van der Waals surface area contributed by atoms with E-state index in [9.17, 15) is 5.26 Å². The zero-order valence-electron chi connectivity index (χ0n) is 12.6. The molecule has 112 valence electrons. The highest BCUT2D eigenvalue weighted by atomic mass is 16.5. The average molecular weight is 296 g/mol. The first-order chi connectivity index (χ1) is 10.6. The van der Waals surface area contributed by atoms with Gasteiger partial charge in [-0.3, -0.25) is 5.41 Å². The topological polar surface area (TPSA) is 83.9 Å². The van der Waals surface area contributed by atoms with E-state index in [4.69, 9.17) is 14.9 Å². The SMILES string of the molecule is COc1ccc(C2c3c(C)nn(C)c3OC(=N)C2C#N)cc1. The van der Waals surface area contributed by atoms with Gasteiger partial charge in [0.05, 0.1) is 18.9 Å². The molecule has 1 aliphatic heterocycles. The molecule has 0 saturated carbocycles. The molecular formula is C16H16N4O2. The number of benzene rings is 1. The molecule has 2 unspecified atom stereocenters. The summed E-state index contributed by atoms with van der Waals surface area (Å²) in [5.74, 6) is 0.320. The molecule has 0 fully saturated rings. The molecule has 1 N–H and O–H groups in total. The van der Waals surface area contributed by atoms with Gasteiger partial charge in [0.15, 0.2) is 0 Å². The van der Waals surface area contributed by atoms with Crippen LogP contribution in [-0.2, 0) is 7.05 Å². The van der Waals surface area contributed by atoms with Gasteiger partial charge in [-0.05, 0) is 24.6 Å². The maximum Gasteiger partial charge on any atom is 0.223 e. The highest BCUT2D eigenvalue weighted by molar-refractivity contribution is 5.84. The summed E-state index contributed by atoms with van der Waals surface area (Å²) < 4.78 is 12.3. The van der Waals surface area contributed by atoms with Gasteiger partial charge < -0.3 is 9.47 Å². The molecule has 0 bridgehead atoms. The molecule has 6 nitrogen and oxygen atoms in total. The van der Waals surface area contributed by atoms with Crippen molar-refractivity contribution in [2.24, 2.45) is 13.0 Å². The molecule has 1 aliphatic rings. The summed E-state index contributed by atoms with van der Waals surface area (Å²) in [7, 11) is 3.39. The minimum atomic E-state index is -0.663. The van der Waals surface area contributed by atoms with Gasteiger partial charge in [-0.1, -0.05) is 12.1 Å². The van der Waals surface area contributed by atoms with Crippen LogP contribution in [0.2, 0.25) is 0 Å². The van der Waals surface area contributed by atoms with E-state index < -0.39 is 5.92 Å². The molecule has 0 radical (unpaired) electrons. The second-order valence-electron chi connectivity index (χ2n) is 5.25. The van der Waals surface area contributed by atoms with E-state index in [1.165, 1.54) is 0 Å². The van der Waals surface area contributed by atoms with Crippen LogP contribution in [0, 0.1) is 29.6 Å². The maximum atomic E-state index is 9.49. The van der Waals surface area contributed by atoms with Crippen LogP contribution in [0.1, 0.15) is 22.7 Å². The van der Waals surface area contributed by atoms with Crippen molar-refractivity contribution in [2.75, 3.05) is 7.11 Å². The monoisotopic (exact) mass is 296 g/mol. The lowest BCUT2D eigenvalue weighted by Crippen LogP contribution is -2.31. The Balaban J connectivity index is 2.18. The fourth-order valence-corrected chi connectivity index (χ4v) is 2.92. The first-order valence-corrected chi connectivity index (χ1v) is 6.90. The minimum absolute atomic E-state index is 0.0428. The van der Waals surface area contributed by atoms with Gasteiger partial charge in [0.2, 0.25) is 11.8 Å². The number of fused-ring (bicyclic) bond motifs is 1. The van der Waals surface area contributed by atoms with Crippen molar-refractivity contribution in [1.82, 2.24) is 9.78 Å². The highest BCUT2D eigenvalue weighted by Gasteiger charge is 2.40. The summed E-state index contributed by atoms with van der Waals surface area (Å²) in [5.41, 5.74) is 2.62. The smallest absolute Gasteiger partial charge is 0.223 e. The summed E-state index contributed by atoms with van der Waals surface area (Å²) in [4.78, 5) is 0. The van der Waals surface area contributed by atoms with Gasteiger partial charge in [0, 0.05) is 18.5 Å². The lowest BCUT2D eigenvalue weighted by Gasteiger charge is -2.28. The standard InChI is InChI=1S/C16H16N4O2/c1-9-13-14(10-4-6-11(21-3)7-5-10)12(8-17)15(18)22-16(13)20(2)19-9/h4-7,12,14,18H,1-3H3. The molecule has 6 heteroatoms. The van der Waals surface area contributed by atoms with Crippen LogP contribution in [0.25, 0.3) is 0 Å². The molecule has 0 amide bonds. The zero-order chi connectivity index (χ0) is 15.9. The quantitative estimate of drug-likeness (QED) is 0.922. The second-order valence-corrected chi connectivity index (χ2v) is 5.25. The summed E-state index contributed by atoms with van der Waals surface area (Å²) >= 11 is 0. The van der Waals surface area contributed by atoms with Crippen molar-refractivity contribution in [1.29, 1.82) is 10.7 Å². The Labute approximate surface area is 128 Å². The Morgan fingerprint density at radius 3 is 2.64 bits per heavy atom. The van der Waals surface area contributed by atoms with Crippen LogP contribution < -0.4 is 9.47 Å². The number of hydrogen-bond donors (Lipinski definition) is 1. The fraction of sp³-hybridized carbons (Fsp3) is 0.312. The van der Waals surface area contributed by atoms with E-state index in [0.29, 0.717) is 5.88 Å². The predicted molar refractivity (Wildman–Crippen MR) is 80.2 cm³/mol. The number of hydrogen-bond acceptors (Lipinski definition) is 5. The molecule has 2 atom stereocenters. The zero-order valence-corrected chi connectivity index (χ0v) is 12.6. The molecule has 0 spiro atoms. The van der Waals surface area contributed by atoms with E-state index in [1.807, 2.05) is 31.2 Å². The van der Waals surface area contributed by atoms with Crippen LogP contribution in [0.4, 0.5) is 0 Å². The van der Waals surface area contributed by atoms with Gasteiger partial charge in [-0.15, -0.1) is 0 Å². The number of aryl methyl sites for hydroxylation is 2. The fourth-order valence-electron chi connectivity index (χ4n) is 2.92. The van der Waals surface area contributed by atoms with Crippen LogP contribution in [-0.4, -0.2) is 22.8 Å². The Hall–Kier alpha value is -2.81. The van der Waals surface area contributed by atoms with Gasteiger partial charge in [0.1, 0.15) is 11.7 Å². The normalized spacial score (nSPS) is 20.0. The summed E-state index contributed by atoms with van der Waals surface area (Å²) in [6, 6.07) is 9.74. The van der Waals surface area contributed by atoms with E-state index in [2.05, 4.69) is 11.2 Å². The lowest BCUT2D eigenvalue weighted by molar-refractivity contribution is 0.410. The third-order valence-electron chi connectivity index (χ3n) is 3.96. The Morgan fingerprint density at radius 1 is 1.36 bits per heavy atom. The average Bonchev–Trinajstić information content (AvgIpc) is 2.80. The Morgan fingerprint density at radius 2 is 2.05 bits per heavy atom. The van der Waals surface area contributed by atoms with Crippen molar-refractivity contribution in [2.45, 2.75) is 12.8 Å².